The molecule has 0 aromatic heterocycles. The third kappa shape index (κ3) is 4.65. The Kier molecular flexibility index (Phi) is 6.10. The molecule has 0 unspecified atom stereocenters. The van der Waals surface area contributed by atoms with Crippen LogP contribution in [0.1, 0.15) is 32.3 Å². The second kappa shape index (κ2) is 8.06. The van der Waals surface area contributed by atoms with Gasteiger partial charge in [-0.1, -0.05) is 37.6 Å². The second-order valence-electron chi connectivity index (χ2n) is 5.98. The van der Waals surface area contributed by atoms with Gasteiger partial charge in [-0.3, -0.25) is 4.79 Å². The molecule has 0 saturated carbocycles. The first kappa shape index (κ1) is 18.1. The van der Waals surface area contributed by atoms with Crippen molar-refractivity contribution >= 4 is 28.9 Å². The lowest BCUT2D eigenvalue weighted by atomic mass is 10.0. The van der Waals surface area contributed by atoms with Crippen LogP contribution >= 0.6 is 11.6 Å². The molecular formula is C19H23ClN2O2. The normalized spacial score (nSPS) is 11.9. The van der Waals surface area contributed by atoms with Gasteiger partial charge < -0.3 is 15.4 Å². The Morgan fingerprint density at radius 3 is 2.21 bits per heavy atom. The summed E-state index contributed by atoms with van der Waals surface area (Å²) in [6, 6.07) is 12.8. The van der Waals surface area contributed by atoms with E-state index in [-0.39, 0.29) is 5.91 Å². The van der Waals surface area contributed by atoms with Gasteiger partial charge in [0.25, 0.3) is 0 Å². The largest absolute Gasteiger partial charge is 0.495 e. The van der Waals surface area contributed by atoms with Crippen LogP contribution in [0, 0.1) is 0 Å². The smallest absolute Gasteiger partial charge is 0.246 e. The SMILES string of the molecule is COc1ccc(N[C@@H](C)C(=O)Nc2ccc(C(C)C)cc2)cc1Cl. The van der Waals surface area contributed by atoms with Crippen LogP contribution in [0.25, 0.3) is 0 Å². The fraction of sp³-hybridized carbons (Fsp3) is 0.316. The molecule has 0 aliphatic rings. The molecule has 0 aliphatic heterocycles. The maximum Gasteiger partial charge on any atom is 0.246 e. The number of methoxy groups -OCH3 is 1. The molecule has 1 atom stereocenters. The summed E-state index contributed by atoms with van der Waals surface area (Å²) >= 11 is 6.10. The van der Waals surface area contributed by atoms with E-state index in [0.29, 0.717) is 16.7 Å². The number of hydrogen-bond donors (Lipinski definition) is 2. The standard InChI is InChI=1S/C19H23ClN2O2/c1-12(2)14-5-7-15(8-6-14)22-19(23)13(3)21-16-9-10-18(24-4)17(20)11-16/h5-13,21H,1-4H3,(H,22,23)/t13-/m0/s1. The molecule has 2 aromatic carbocycles. The average molecular weight is 347 g/mol. The number of benzene rings is 2. The van der Waals surface area contributed by atoms with E-state index in [4.69, 9.17) is 16.3 Å². The molecule has 128 valence electrons. The van der Waals surface area contributed by atoms with E-state index in [2.05, 4.69) is 24.5 Å². The molecule has 0 heterocycles. The lowest BCUT2D eigenvalue weighted by Gasteiger charge is -2.16. The predicted molar refractivity (Wildman–Crippen MR) is 100 cm³/mol. The topological polar surface area (TPSA) is 50.4 Å². The van der Waals surface area contributed by atoms with Crippen LogP contribution in [-0.2, 0) is 4.79 Å². The van der Waals surface area contributed by atoms with Gasteiger partial charge in [-0.2, -0.15) is 0 Å². The Morgan fingerprint density at radius 2 is 1.67 bits per heavy atom. The minimum Gasteiger partial charge on any atom is -0.495 e. The minimum absolute atomic E-state index is 0.112. The van der Waals surface area contributed by atoms with Crippen molar-refractivity contribution < 1.29 is 9.53 Å². The zero-order valence-electron chi connectivity index (χ0n) is 14.4. The van der Waals surface area contributed by atoms with Gasteiger partial charge in [0.15, 0.2) is 0 Å². The van der Waals surface area contributed by atoms with E-state index in [0.717, 1.165) is 11.4 Å². The van der Waals surface area contributed by atoms with Gasteiger partial charge >= 0.3 is 0 Å². The number of rotatable bonds is 6. The number of carbonyl (C=O) groups excluding carboxylic acids is 1. The highest BCUT2D eigenvalue weighted by atomic mass is 35.5. The Morgan fingerprint density at radius 1 is 1.04 bits per heavy atom. The summed E-state index contributed by atoms with van der Waals surface area (Å²) in [5.74, 6) is 0.957. The molecule has 2 rings (SSSR count). The summed E-state index contributed by atoms with van der Waals surface area (Å²) in [6.07, 6.45) is 0. The number of carbonyl (C=O) groups is 1. The van der Waals surface area contributed by atoms with Crippen LogP contribution in [0.3, 0.4) is 0 Å². The Labute approximate surface area is 148 Å². The zero-order chi connectivity index (χ0) is 17.7. The summed E-state index contributed by atoms with van der Waals surface area (Å²) in [4.78, 5) is 12.3. The number of anilines is 2. The number of ether oxygens (including phenoxy) is 1. The first-order chi connectivity index (χ1) is 11.4. The zero-order valence-corrected chi connectivity index (χ0v) is 15.1. The molecule has 0 aliphatic carbocycles. The molecular weight excluding hydrogens is 324 g/mol. The molecule has 0 fully saturated rings. The van der Waals surface area contributed by atoms with Gasteiger partial charge in [0.05, 0.1) is 12.1 Å². The maximum atomic E-state index is 12.3. The minimum atomic E-state index is -0.403. The molecule has 24 heavy (non-hydrogen) atoms. The number of amides is 1. The average Bonchev–Trinajstić information content (AvgIpc) is 2.55. The van der Waals surface area contributed by atoms with Crippen LogP contribution in [0.15, 0.2) is 42.5 Å². The molecule has 2 aromatic rings. The quantitative estimate of drug-likeness (QED) is 0.781. The van der Waals surface area contributed by atoms with Crippen LogP contribution in [0.4, 0.5) is 11.4 Å². The van der Waals surface area contributed by atoms with E-state index in [1.165, 1.54) is 5.56 Å². The van der Waals surface area contributed by atoms with Crippen LogP contribution in [-0.4, -0.2) is 19.1 Å². The second-order valence-corrected chi connectivity index (χ2v) is 6.39. The third-order valence-electron chi connectivity index (χ3n) is 3.77. The Hall–Kier alpha value is -2.20. The van der Waals surface area contributed by atoms with Crippen molar-refractivity contribution in [1.82, 2.24) is 0 Å². The first-order valence-electron chi connectivity index (χ1n) is 7.91. The summed E-state index contributed by atoms with van der Waals surface area (Å²) in [6.45, 7) is 6.08. The molecule has 0 saturated heterocycles. The van der Waals surface area contributed by atoms with E-state index < -0.39 is 6.04 Å². The Balaban J connectivity index is 1.97. The molecule has 5 heteroatoms. The van der Waals surface area contributed by atoms with Crippen LogP contribution in [0.5, 0.6) is 5.75 Å². The lowest BCUT2D eigenvalue weighted by molar-refractivity contribution is -0.116. The van der Waals surface area contributed by atoms with Crippen LogP contribution in [0.2, 0.25) is 5.02 Å². The summed E-state index contributed by atoms with van der Waals surface area (Å²) in [7, 11) is 1.56. The summed E-state index contributed by atoms with van der Waals surface area (Å²) < 4.78 is 5.12. The first-order valence-corrected chi connectivity index (χ1v) is 8.29. The van der Waals surface area contributed by atoms with Gasteiger partial charge in [-0.25, -0.2) is 0 Å². The van der Waals surface area contributed by atoms with E-state index in [1.807, 2.05) is 30.3 Å². The molecule has 0 radical (unpaired) electrons. The van der Waals surface area contributed by atoms with Crippen molar-refractivity contribution in [1.29, 1.82) is 0 Å². The number of halogens is 1. The number of hydrogen-bond acceptors (Lipinski definition) is 3. The van der Waals surface area contributed by atoms with Gasteiger partial charge in [-0.05, 0) is 48.7 Å². The van der Waals surface area contributed by atoms with E-state index in [1.54, 1.807) is 26.2 Å². The van der Waals surface area contributed by atoms with Crippen molar-refractivity contribution in [3.05, 3.63) is 53.1 Å². The third-order valence-corrected chi connectivity index (χ3v) is 4.07. The molecule has 0 spiro atoms. The van der Waals surface area contributed by atoms with Gasteiger partial charge in [-0.15, -0.1) is 0 Å². The van der Waals surface area contributed by atoms with E-state index in [9.17, 15) is 4.79 Å². The lowest BCUT2D eigenvalue weighted by Crippen LogP contribution is -2.31. The summed E-state index contributed by atoms with van der Waals surface area (Å²) in [5, 5.41) is 6.54. The van der Waals surface area contributed by atoms with Crippen molar-refractivity contribution in [2.75, 3.05) is 17.7 Å². The summed E-state index contributed by atoms with van der Waals surface area (Å²) in [5.41, 5.74) is 2.79. The van der Waals surface area contributed by atoms with Crippen molar-refractivity contribution in [3.63, 3.8) is 0 Å². The van der Waals surface area contributed by atoms with Crippen LogP contribution < -0.4 is 15.4 Å². The number of nitrogens with one attached hydrogen (secondary N) is 2. The molecule has 2 N–H and O–H groups in total. The van der Waals surface area contributed by atoms with Crippen molar-refractivity contribution in [2.45, 2.75) is 32.7 Å². The highest BCUT2D eigenvalue weighted by molar-refractivity contribution is 6.32. The van der Waals surface area contributed by atoms with Gasteiger partial charge in [0.2, 0.25) is 5.91 Å². The fourth-order valence-corrected chi connectivity index (χ4v) is 2.53. The van der Waals surface area contributed by atoms with Crippen molar-refractivity contribution in [3.8, 4) is 5.75 Å². The fourth-order valence-electron chi connectivity index (χ4n) is 2.27. The highest BCUT2D eigenvalue weighted by Gasteiger charge is 2.14. The van der Waals surface area contributed by atoms with E-state index >= 15 is 0 Å². The maximum absolute atomic E-state index is 12.3. The molecule has 1 amide bonds. The molecule has 4 nitrogen and oxygen atoms in total. The highest BCUT2D eigenvalue weighted by Crippen LogP contribution is 2.27. The van der Waals surface area contributed by atoms with Gasteiger partial charge in [0, 0.05) is 11.4 Å². The Bertz CT molecular complexity index is 699. The molecule has 0 bridgehead atoms. The van der Waals surface area contributed by atoms with Crippen molar-refractivity contribution in [2.24, 2.45) is 0 Å². The monoisotopic (exact) mass is 346 g/mol. The predicted octanol–water partition coefficient (Wildman–Crippen LogP) is 4.91. The van der Waals surface area contributed by atoms with Gasteiger partial charge in [0.1, 0.15) is 11.8 Å².